The van der Waals surface area contributed by atoms with Gasteiger partial charge in [-0.2, -0.15) is 0 Å². The summed E-state index contributed by atoms with van der Waals surface area (Å²) in [6.45, 7) is 11.5. The molecule has 2 rings (SSSR count). The monoisotopic (exact) mass is 277 g/mol. The van der Waals surface area contributed by atoms with E-state index in [4.69, 9.17) is 9.47 Å². The Labute approximate surface area is 122 Å². The minimum atomic E-state index is -0.179. The number of benzene rings is 1. The minimum absolute atomic E-state index is 0.0830. The molecule has 0 saturated carbocycles. The standard InChI is InChI=1S/C17H27NO2/c1-6-11-19-14-10-8-7-9-13(14)18-15-12-16(2,3)20-17(15,4)5/h7-10,15,18H,6,11-12H2,1-5H3. The van der Waals surface area contributed by atoms with Gasteiger partial charge < -0.3 is 14.8 Å². The highest BCUT2D eigenvalue weighted by Crippen LogP contribution is 2.40. The summed E-state index contributed by atoms with van der Waals surface area (Å²) in [6, 6.07) is 8.42. The van der Waals surface area contributed by atoms with E-state index < -0.39 is 0 Å². The Hall–Kier alpha value is -1.22. The average molecular weight is 277 g/mol. The van der Waals surface area contributed by atoms with E-state index in [9.17, 15) is 0 Å². The molecule has 1 N–H and O–H groups in total. The van der Waals surface area contributed by atoms with Crippen LogP contribution in [0.1, 0.15) is 47.5 Å². The van der Waals surface area contributed by atoms with Gasteiger partial charge in [0.2, 0.25) is 0 Å². The average Bonchev–Trinajstić information content (AvgIpc) is 2.56. The van der Waals surface area contributed by atoms with Gasteiger partial charge in [0, 0.05) is 0 Å². The van der Waals surface area contributed by atoms with Crippen molar-refractivity contribution in [3.05, 3.63) is 24.3 Å². The first-order valence-corrected chi connectivity index (χ1v) is 7.52. The molecule has 1 saturated heterocycles. The molecule has 3 nitrogen and oxygen atoms in total. The minimum Gasteiger partial charge on any atom is -0.491 e. The smallest absolute Gasteiger partial charge is 0.142 e. The van der Waals surface area contributed by atoms with Crippen molar-refractivity contribution in [1.29, 1.82) is 0 Å². The van der Waals surface area contributed by atoms with Gasteiger partial charge in [0.25, 0.3) is 0 Å². The summed E-state index contributed by atoms with van der Waals surface area (Å²) >= 11 is 0. The molecular formula is C17H27NO2. The molecule has 1 aromatic rings. The van der Waals surface area contributed by atoms with E-state index in [-0.39, 0.29) is 17.2 Å². The summed E-state index contributed by atoms with van der Waals surface area (Å²) in [6.07, 6.45) is 2.00. The number of nitrogens with one attached hydrogen (secondary N) is 1. The molecule has 0 aliphatic carbocycles. The van der Waals surface area contributed by atoms with Gasteiger partial charge in [0.1, 0.15) is 5.75 Å². The van der Waals surface area contributed by atoms with Crippen molar-refractivity contribution in [2.45, 2.75) is 64.7 Å². The molecule has 0 aromatic heterocycles. The molecule has 1 atom stereocenters. The number of hydrogen-bond donors (Lipinski definition) is 1. The van der Waals surface area contributed by atoms with Gasteiger partial charge in [0.15, 0.2) is 0 Å². The Balaban J connectivity index is 2.14. The molecule has 1 fully saturated rings. The quantitative estimate of drug-likeness (QED) is 0.873. The van der Waals surface area contributed by atoms with E-state index in [0.717, 1.165) is 30.9 Å². The summed E-state index contributed by atoms with van der Waals surface area (Å²) in [5.74, 6) is 0.926. The lowest BCUT2D eigenvalue weighted by molar-refractivity contribution is -0.0662. The zero-order valence-corrected chi connectivity index (χ0v) is 13.3. The van der Waals surface area contributed by atoms with Crippen LogP contribution in [-0.2, 0) is 4.74 Å². The molecule has 1 heterocycles. The van der Waals surface area contributed by atoms with Crippen molar-refractivity contribution in [1.82, 2.24) is 0 Å². The van der Waals surface area contributed by atoms with Gasteiger partial charge in [-0.25, -0.2) is 0 Å². The molecule has 1 unspecified atom stereocenters. The van der Waals surface area contributed by atoms with Crippen molar-refractivity contribution in [2.75, 3.05) is 11.9 Å². The number of ether oxygens (including phenoxy) is 2. The zero-order chi connectivity index (χ0) is 14.8. The van der Waals surface area contributed by atoms with Crippen LogP contribution in [0.5, 0.6) is 5.75 Å². The highest BCUT2D eigenvalue weighted by Gasteiger charge is 2.45. The second-order valence-electron chi connectivity index (χ2n) is 6.71. The maximum atomic E-state index is 6.14. The van der Waals surface area contributed by atoms with Crippen molar-refractivity contribution in [3.63, 3.8) is 0 Å². The summed E-state index contributed by atoms with van der Waals surface area (Å²) in [4.78, 5) is 0. The van der Waals surface area contributed by atoms with Crippen molar-refractivity contribution in [3.8, 4) is 5.75 Å². The molecule has 20 heavy (non-hydrogen) atoms. The molecule has 0 radical (unpaired) electrons. The van der Waals surface area contributed by atoms with Crippen molar-refractivity contribution in [2.24, 2.45) is 0 Å². The Kier molecular flexibility index (Phi) is 4.28. The van der Waals surface area contributed by atoms with E-state index in [1.807, 2.05) is 18.2 Å². The largest absolute Gasteiger partial charge is 0.491 e. The molecule has 1 aliphatic rings. The van der Waals surface area contributed by atoms with E-state index in [0.29, 0.717) is 0 Å². The van der Waals surface area contributed by atoms with Crippen LogP contribution in [0.15, 0.2) is 24.3 Å². The maximum absolute atomic E-state index is 6.14. The van der Waals surface area contributed by atoms with Gasteiger partial charge in [-0.3, -0.25) is 0 Å². The fourth-order valence-electron chi connectivity index (χ4n) is 2.90. The topological polar surface area (TPSA) is 30.5 Å². The molecule has 1 aromatic carbocycles. The van der Waals surface area contributed by atoms with Gasteiger partial charge in [0.05, 0.1) is 29.5 Å². The molecule has 0 spiro atoms. The fourth-order valence-corrected chi connectivity index (χ4v) is 2.90. The third-order valence-corrected chi connectivity index (χ3v) is 3.75. The number of hydrogen-bond acceptors (Lipinski definition) is 3. The van der Waals surface area contributed by atoms with Crippen LogP contribution in [0.3, 0.4) is 0 Å². The third-order valence-electron chi connectivity index (χ3n) is 3.75. The van der Waals surface area contributed by atoms with Crippen LogP contribution in [0, 0.1) is 0 Å². The second kappa shape index (κ2) is 5.65. The van der Waals surface area contributed by atoms with Crippen molar-refractivity contribution >= 4 is 5.69 Å². The second-order valence-corrected chi connectivity index (χ2v) is 6.71. The van der Waals surface area contributed by atoms with Crippen LogP contribution in [-0.4, -0.2) is 23.9 Å². The summed E-state index contributed by atoms with van der Waals surface area (Å²) in [7, 11) is 0. The lowest BCUT2D eigenvalue weighted by atomic mass is 9.94. The van der Waals surface area contributed by atoms with Gasteiger partial charge in [-0.1, -0.05) is 19.1 Å². The van der Waals surface area contributed by atoms with Gasteiger partial charge >= 0.3 is 0 Å². The maximum Gasteiger partial charge on any atom is 0.142 e. The Morgan fingerprint density at radius 3 is 2.55 bits per heavy atom. The van der Waals surface area contributed by atoms with Gasteiger partial charge in [-0.05, 0) is 52.7 Å². The van der Waals surface area contributed by atoms with E-state index in [1.165, 1.54) is 0 Å². The lowest BCUT2D eigenvalue weighted by Crippen LogP contribution is -2.38. The molecule has 1 aliphatic heterocycles. The highest BCUT2D eigenvalue weighted by atomic mass is 16.5. The lowest BCUT2D eigenvalue weighted by Gasteiger charge is -2.29. The van der Waals surface area contributed by atoms with Crippen LogP contribution in [0.4, 0.5) is 5.69 Å². The normalized spacial score (nSPS) is 23.6. The van der Waals surface area contributed by atoms with Crippen LogP contribution < -0.4 is 10.1 Å². The first kappa shape index (κ1) is 15.2. The SMILES string of the molecule is CCCOc1ccccc1NC1CC(C)(C)OC1(C)C. The summed E-state index contributed by atoms with van der Waals surface area (Å²) in [5, 5.41) is 3.61. The van der Waals surface area contributed by atoms with Gasteiger partial charge in [-0.15, -0.1) is 0 Å². The first-order valence-electron chi connectivity index (χ1n) is 7.52. The van der Waals surface area contributed by atoms with Crippen LogP contribution in [0.25, 0.3) is 0 Å². The predicted octanol–water partition coefficient (Wildman–Crippen LogP) is 4.23. The number of anilines is 1. The molecule has 0 bridgehead atoms. The molecular weight excluding hydrogens is 250 g/mol. The number of para-hydroxylation sites is 2. The van der Waals surface area contributed by atoms with Crippen LogP contribution in [0.2, 0.25) is 0 Å². The van der Waals surface area contributed by atoms with Crippen LogP contribution >= 0.6 is 0 Å². The predicted molar refractivity (Wildman–Crippen MR) is 83.5 cm³/mol. The molecule has 112 valence electrons. The first-order chi connectivity index (χ1) is 9.34. The van der Waals surface area contributed by atoms with E-state index in [1.54, 1.807) is 0 Å². The summed E-state index contributed by atoms with van der Waals surface area (Å²) < 4.78 is 12.0. The van der Waals surface area contributed by atoms with Crippen molar-refractivity contribution < 1.29 is 9.47 Å². The summed E-state index contributed by atoms with van der Waals surface area (Å²) in [5.41, 5.74) is 0.794. The Morgan fingerprint density at radius 1 is 1.25 bits per heavy atom. The van der Waals surface area contributed by atoms with E-state index >= 15 is 0 Å². The zero-order valence-electron chi connectivity index (χ0n) is 13.3. The Bertz CT molecular complexity index is 454. The number of rotatable bonds is 5. The molecule has 3 heteroatoms. The van der Waals surface area contributed by atoms with E-state index in [2.05, 4.69) is 46.0 Å². The Morgan fingerprint density at radius 2 is 1.95 bits per heavy atom. The fraction of sp³-hybridized carbons (Fsp3) is 0.647. The third kappa shape index (κ3) is 3.45. The molecule has 0 amide bonds. The highest BCUT2D eigenvalue weighted by molar-refractivity contribution is 5.57.